The molecule has 2 aliphatic rings. The van der Waals surface area contributed by atoms with Crippen molar-refractivity contribution in [2.45, 2.75) is 38.8 Å². The molecule has 2 aliphatic heterocycles. The summed E-state index contributed by atoms with van der Waals surface area (Å²) < 4.78 is 0. The molecule has 3 unspecified atom stereocenters. The maximum Gasteiger partial charge on any atom is 0.322 e. The number of hydrogen-bond acceptors (Lipinski definition) is 4. The minimum atomic E-state index is -1.06. The Bertz CT molecular complexity index is 818. The molecule has 2 fully saturated rings. The first-order chi connectivity index (χ1) is 13.1. The molecule has 0 saturated carbocycles. The van der Waals surface area contributed by atoms with Gasteiger partial charge in [-0.05, 0) is 38.5 Å². The SMILES string of the molecule is CC(CC1(C)NC(=O)NC1=O)C(=O)N1CCN(c2ccc(Cl)c(Cl)c2)C(C)C1. The molecular weight excluding hydrogens is 403 g/mol. The van der Waals surface area contributed by atoms with Crippen LogP contribution in [-0.2, 0) is 9.59 Å². The number of nitrogens with zero attached hydrogens (tertiary/aromatic N) is 2. The molecular formula is C19H24Cl2N4O3. The summed E-state index contributed by atoms with van der Waals surface area (Å²) in [5.74, 6) is -0.802. The van der Waals surface area contributed by atoms with Crippen LogP contribution in [0.5, 0.6) is 0 Å². The summed E-state index contributed by atoms with van der Waals surface area (Å²) in [6, 6.07) is 5.12. The number of carbonyl (C=O) groups excluding carboxylic acids is 3. The Morgan fingerprint density at radius 1 is 1.29 bits per heavy atom. The number of rotatable bonds is 4. The Balaban J connectivity index is 1.63. The number of benzene rings is 1. The average Bonchev–Trinajstić information content (AvgIpc) is 2.88. The maximum atomic E-state index is 12.9. The number of halogens is 2. The molecule has 2 N–H and O–H groups in total. The van der Waals surface area contributed by atoms with Crippen molar-refractivity contribution in [2.75, 3.05) is 24.5 Å². The molecule has 0 spiro atoms. The van der Waals surface area contributed by atoms with E-state index >= 15 is 0 Å². The summed E-state index contributed by atoms with van der Waals surface area (Å²) in [4.78, 5) is 40.4. The second-order valence-electron chi connectivity index (χ2n) is 7.77. The largest absolute Gasteiger partial charge is 0.365 e. The molecule has 4 amide bonds. The molecule has 0 bridgehead atoms. The Kier molecular flexibility index (Phi) is 5.77. The van der Waals surface area contributed by atoms with Crippen LogP contribution in [0, 0.1) is 5.92 Å². The number of anilines is 1. The third-order valence-electron chi connectivity index (χ3n) is 5.43. The fourth-order valence-corrected chi connectivity index (χ4v) is 4.23. The van der Waals surface area contributed by atoms with Crippen LogP contribution >= 0.6 is 23.2 Å². The molecule has 0 aliphatic carbocycles. The number of hydrogen-bond donors (Lipinski definition) is 2. The van der Waals surface area contributed by atoms with Gasteiger partial charge in [-0.2, -0.15) is 0 Å². The van der Waals surface area contributed by atoms with Crippen molar-refractivity contribution < 1.29 is 14.4 Å². The minimum absolute atomic E-state index is 0.0178. The Morgan fingerprint density at radius 3 is 2.57 bits per heavy atom. The van der Waals surface area contributed by atoms with Crippen LogP contribution in [0.3, 0.4) is 0 Å². The summed E-state index contributed by atoms with van der Waals surface area (Å²) in [6.07, 6.45) is 0.255. The van der Waals surface area contributed by atoms with Gasteiger partial charge in [0, 0.05) is 37.3 Å². The van der Waals surface area contributed by atoms with Crippen molar-refractivity contribution in [3.05, 3.63) is 28.2 Å². The van der Waals surface area contributed by atoms with Crippen LogP contribution in [0.2, 0.25) is 10.0 Å². The van der Waals surface area contributed by atoms with Crippen LogP contribution in [0.1, 0.15) is 27.2 Å². The van der Waals surface area contributed by atoms with E-state index in [0.717, 1.165) is 5.69 Å². The first kappa shape index (κ1) is 20.7. The monoisotopic (exact) mass is 426 g/mol. The first-order valence-corrected chi connectivity index (χ1v) is 10.0. The smallest absolute Gasteiger partial charge is 0.322 e. The van der Waals surface area contributed by atoms with Gasteiger partial charge < -0.3 is 15.1 Å². The van der Waals surface area contributed by atoms with E-state index in [2.05, 4.69) is 22.5 Å². The second kappa shape index (κ2) is 7.79. The van der Waals surface area contributed by atoms with E-state index in [4.69, 9.17) is 23.2 Å². The van der Waals surface area contributed by atoms with Crippen molar-refractivity contribution in [2.24, 2.45) is 5.92 Å². The van der Waals surface area contributed by atoms with Crippen LogP contribution in [0.4, 0.5) is 10.5 Å². The van der Waals surface area contributed by atoms with Gasteiger partial charge >= 0.3 is 6.03 Å². The lowest BCUT2D eigenvalue weighted by Gasteiger charge is -2.42. The summed E-state index contributed by atoms with van der Waals surface area (Å²) in [7, 11) is 0. The van der Waals surface area contributed by atoms with Gasteiger partial charge in [0.1, 0.15) is 5.54 Å². The highest BCUT2D eigenvalue weighted by atomic mass is 35.5. The fourth-order valence-electron chi connectivity index (χ4n) is 3.94. The molecule has 7 nitrogen and oxygen atoms in total. The second-order valence-corrected chi connectivity index (χ2v) is 8.59. The van der Waals surface area contributed by atoms with Crippen molar-refractivity contribution in [1.29, 1.82) is 0 Å². The number of imide groups is 1. The van der Waals surface area contributed by atoms with E-state index in [9.17, 15) is 14.4 Å². The van der Waals surface area contributed by atoms with E-state index in [1.165, 1.54) is 0 Å². The summed E-state index contributed by atoms with van der Waals surface area (Å²) in [5.41, 5.74) is -0.0838. The van der Waals surface area contributed by atoms with Gasteiger partial charge in [-0.3, -0.25) is 14.9 Å². The molecule has 1 aromatic carbocycles. The van der Waals surface area contributed by atoms with E-state index in [0.29, 0.717) is 29.7 Å². The van der Waals surface area contributed by atoms with Gasteiger partial charge in [0.05, 0.1) is 10.0 Å². The Labute approximate surface area is 174 Å². The normalized spacial score (nSPS) is 26.1. The molecule has 3 rings (SSSR count). The standard InChI is InChI=1S/C19H24Cl2N4O3/c1-11(9-19(3)17(27)22-18(28)23-19)16(26)24-6-7-25(12(2)10-24)13-4-5-14(20)15(21)8-13/h4-5,8,11-12H,6-7,9-10H2,1-3H3,(H2,22,23,27,28). The molecule has 28 heavy (non-hydrogen) atoms. The van der Waals surface area contributed by atoms with Crippen molar-refractivity contribution in [3.8, 4) is 0 Å². The molecule has 2 saturated heterocycles. The van der Waals surface area contributed by atoms with Gasteiger partial charge in [-0.25, -0.2) is 4.79 Å². The van der Waals surface area contributed by atoms with Crippen molar-refractivity contribution in [3.63, 3.8) is 0 Å². The molecule has 0 aromatic heterocycles. The number of carbonyl (C=O) groups is 3. The first-order valence-electron chi connectivity index (χ1n) is 9.25. The van der Waals surface area contributed by atoms with Gasteiger partial charge in [0.15, 0.2) is 0 Å². The maximum absolute atomic E-state index is 12.9. The van der Waals surface area contributed by atoms with E-state index in [1.54, 1.807) is 19.9 Å². The average molecular weight is 427 g/mol. The minimum Gasteiger partial charge on any atom is -0.365 e. The number of nitrogens with one attached hydrogen (secondary N) is 2. The molecule has 0 radical (unpaired) electrons. The lowest BCUT2D eigenvalue weighted by molar-refractivity contribution is -0.137. The predicted molar refractivity (Wildman–Crippen MR) is 109 cm³/mol. The Hall–Kier alpha value is -1.99. The fraction of sp³-hybridized carbons (Fsp3) is 0.526. The van der Waals surface area contributed by atoms with Gasteiger partial charge in [0.25, 0.3) is 5.91 Å². The highest BCUT2D eigenvalue weighted by Gasteiger charge is 2.44. The zero-order valence-corrected chi connectivity index (χ0v) is 17.6. The van der Waals surface area contributed by atoms with E-state index in [1.807, 2.05) is 17.0 Å². The topological polar surface area (TPSA) is 81.8 Å². The van der Waals surface area contributed by atoms with E-state index in [-0.39, 0.29) is 18.4 Å². The lowest BCUT2D eigenvalue weighted by atomic mass is 9.89. The van der Waals surface area contributed by atoms with Crippen LogP contribution in [-0.4, -0.2) is 54.0 Å². The van der Waals surface area contributed by atoms with Crippen molar-refractivity contribution in [1.82, 2.24) is 15.5 Å². The third kappa shape index (κ3) is 4.05. The number of amides is 4. The molecule has 3 atom stereocenters. The van der Waals surface area contributed by atoms with Gasteiger partial charge in [0.2, 0.25) is 5.91 Å². The third-order valence-corrected chi connectivity index (χ3v) is 6.17. The van der Waals surface area contributed by atoms with Crippen LogP contribution in [0.15, 0.2) is 18.2 Å². The highest BCUT2D eigenvalue weighted by Crippen LogP contribution is 2.30. The molecule has 2 heterocycles. The summed E-state index contributed by atoms with van der Waals surface area (Å²) in [5, 5.41) is 5.86. The van der Waals surface area contributed by atoms with Crippen molar-refractivity contribution >= 4 is 46.7 Å². The molecule has 9 heteroatoms. The Morgan fingerprint density at radius 2 is 2.00 bits per heavy atom. The van der Waals surface area contributed by atoms with Gasteiger partial charge in [-0.1, -0.05) is 30.1 Å². The molecule has 152 valence electrons. The van der Waals surface area contributed by atoms with Gasteiger partial charge in [-0.15, -0.1) is 0 Å². The summed E-state index contributed by atoms with van der Waals surface area (Å²) >= 11 is 12.1. The zero-order valence-electron chi connectivity index (χ0n) is 16.1. The summed E-state index contributed by atoms with van der Waals surface area (Å²) in [6.45, 7) is 7.30. The quantitative estimate of drug-likeness (QED) is 0.724. The van der Waals surface area contributed by atoms with Crippen LogP contribution in [0.25, 0.3) is 0 Å². The predicted octanol–water partition coefficient (Wildman–Crippen LogP) is 2.65. The zero-order chi connectivity index (χ0) is 20.6. The van der Waals surface area contributed by atoms with Crippen LogP contribution < -0.4 is 15.5 Å². The number of urea groups is 1. The number of piperazine rings is 1. The highest BCUT2D eigenvalue weighted by molar-refractivity contribution is 6.42. The molecule has 1 aromatic rings. The lowest BCUT2D eigenvalue weighted by Crippen LogP contribution is -2.55. The van der Waals surface area contributed by atoms with E-state index < -0.39 is 23.4 Å².